The molecule has 12 heteroatoms. The van der Waals surface area contributed by atoms with Crippen LogP contribution in [0.5, 0.6) is 0 Å². The Bertz CT molecular complexity index is 793. The summed E-state index contributed by atoms with van der Waals surface area (Å²) in [6, 6.07) is 0. The SMILES string of the molecule is CC(=O)OC[C@H]1O[C@@H](OC2CC(C)(C)N([O])C(C)(C)C2)[C@H](OC(C)=O)[C@@H](OC(C)=O)[C@@H]1OC(C)=O. The van der Waals surface area contributed by atoms with Crippen molar-refractivity contribution in [3.8, 4) is 0 Å². The Labute approximate surface area is 205 Å². The lowest BCUT2D eigenvalue weighted by Crippen LogP contribution is -2.65. The summed E-state index contributed by atoms with van der Waals surface area (Å²) in [5.41, 5.74) is -1.52. The van der Waals surface area contributed by atoms with E-state index >= 15 is 0 Å². The molecule has 1 radical (unpaired) electrons. The molecule has 0 N–H and O–H groups in total. The molecule has 0 bridgehead atoms. The van der Waals surface area contributed by atoms with E-state index in [0.717, 1.165) is 25.8 Å². The first-order valence-electron chi connectivity index (χ1n) is 11.5. The van der Waals surface area contributed by atoms with Gasteiger partial charge in [-0.15, -0.1) is 10.3 Å². The molecule has 2 fully saturated rings. The van der Waals surface area contributed by atoms with Crippen molar-refractivity contribution < 1.29 is 52.8 Å². The zero-order valence-corrected chi connectivity index (χ0v) is 21.5. The summed E-state index contributed by atoms with van der Waals surface area (Å²) in [4.78, 5) is 47.2. The smallest absolute Gasteiger partial charge is 0.303 e. The normalized spacial score (nSPS) is 30.7. The molecule has 0 unspecified atom stereocenters. The Morgan fingerprint density at radius 2 is 1.23 bits per heavy atom. The molecule has 0 amide bonds. The lowest BCUT2D eigenvalue weighted by Gasteiger charge is -2.51. The molecule has 0 aliphatic carbocycles. The van der Waals surface area contributed by atoms with Crippen LogP contribution in [0.15, 0.2) is 0 Å². The van der Waals surface area contributed by atoms with E-state index in [1.807, 2.05) is 0 Å². The van der Waals surface area contributed by atoms with Crippen molar-refractivity contribution in [3.05, 3.63) is 0 Å². The molecule has 35 heavy (non-hydrogen) atoms. The van der Waals surface area contributed by atoms with Gasteiger partial charge in [-0.05, 0) is 40.5 Å². The molecule has 0 aromatic rings. The van der Waals surface area contributed by atoms with Crippen molar-refractivity contribution in [2.24, 2.45) is 0 Å². The average molecular weight is 503 g/mol. The highest BCUT2D eigenvalue weighted by Gasteiger charge is 2.55. The van der Waals surface area contributed by atoms with Gasteiger partial charge in [-0.1, -0.05) is 0 Å². The monoisotopic (exact) mass is 502 g/mol. The van der Waals surface area contributed by atoms with E-state index in [4.69, 9.17) is 28.4 Å². The lowest BCUT2D eigenvalue weighted by molar-refractivity contribution is -0.341. The number of esters is 4. The lowest BCUT2D eigenvalue weighted by atomic mass is 9.80. The van der Waals surface area contributed by atoms with Gasteiger partial charge in [0.25, 0.3) is 0 Å². The van der Waals surface area contributed by atoms with Gasteiger partial charge in [0, 0.05) is 38.8 Å². The van der Waals surface area contributed by atoms with E-state index in [-0.39, 0.29) is 6.61 Å². The van der Waals surface area contributed by atoms with Crippen LogP contribution in [0.4, 0.5) is 0 Å². The van der Waals surface area contributed by atoms with E-state index in [1.165, 1.54) is 6.92 Å². The zero-order valence-electron chi connectivity index (χ0n) is 21.5. The molecule has 0 spiro atoms. The average Bonchev–Trinajstić information content (AvgIpc) is 2.67. The molecule has 12 nitrogen and oxygen atoms in total. The Balaban J connectivity index is 2.43. The molecule has 2 saturated heterocycles. The minimum Gasteiger partial charge on any atom is -0.463 e. The topological polar surface area (TPSA) is 147 Å². The Kier molecular flexibility index (Phi) is 9.26. The number of piperidine rings is 1. The van der Waals surface area contributed by atoms with Crippen molar-refractivity contribution in [2.45, 2.75) is 116 Å². The van der Waals surface area contributed by atoms with E-state index < -0.39 is 71.8 Å². The number of ether oxygens (including phenoxy) is 6. The van der Waals surface area contributed by atoms with Crippen molar-refractivity contribution >= 4 is 23.9 Å². The zero-order chi connectivity index (χ0) is 26.7. The number of carbonyl (C=O) groups excluding carboxylic acids is 4. The van der Waals surface area contributed by atoms with Gasteiger partial charge in [0.05, 0.1) is 6.10 Å². The van der Waals surface area contributed by atoms with Gasteiger partial charge in [0.2, 0.25) is 0 Å². The highest BCUT2D eigenvalue weighted by Crippen LogP contribution is 2.40. The molecule has 2 rings (SSSR count). The largest absolute Gasteiger partial charge is 0.463 e. The van der Waals surface area contributed by atoms with E-state index in [9.17, 15) is 24.4 Å². The highest BCUT2D eigenvalue weighted by atomic mass is 16.7. The van der Waals surface area contributed by atoms with Crippen molar-refractivity contribution in [1.82, 2.24) is 5.06 Å². The van der Waals surface area contributed by atoms with Crippen LogP contribution in [0, 0.1) is 0 Å². The first-order chi connectivity index (χ1) is 16.0. The summed E-state index contributed by atoms with van der Waals surface area (Å²) in [6.45, 7) is 11.5. The third kappa shape index (κ3) is 7.60. The maximum Gasteiger partial charge on any atom is 0.303 e. The van der Waals surface area contributed by atoms with Crippen molar-refractivity contribution in [1.29, 1.82) is 0 Å². The fourth-order valence-corrected chi connectivity index (χ4v) is 4.76. The summed E-state index contributed by atoms with van der Waals surface area (Å²) < 4.78 is 33.5. The van der Waals surface area contributed by atoms with Crippen molar-refractivity contribution in [2.75, 3.05) is 6.61 Å². The first-order valence-corrected chi connectivity index (χ1v) is 11.5. The third-order valence-corrected chi connectivity index (χ3v) is 5.83. The van der Waals surface area contributed by atoms with Crippen LogP contribution in [0.2, 0.25) is 0 Å². The number of hydroxylamine groups is 2. The van der Waals surface area contributed by atoms with Gasteiger partial charge in [-0.25, -0.2) is 0 Å². The van der Waals surface area contributed by atoms with Crippen LogP contribution in [0.3, 0.4) is 0 Å². The second-order valence-corrected chi connectivity index (χ2v) is 10.2. The molecule has 2 heterocycles. The van der Waals surface area contributed by atoms with Crippen LogP contribution < -0.4 is 0 Å². The summed E-state index contributed by atoms with van der Waals surface area (Å²) in [7, 11) is 0. The van der Waals surface area contributed by atoms with Gasteiger partial charge >= 0.3 is 23.9 Å². The van der Waals surface area contributed by atoms with Crippen molar-refractivity contribution in [3.63, 3.8) is 0 Å². The summed E-state index contributed by atoms with van der Waals surface area (Å²) in [5.74, 6) is -2.75. The molecular weight excluding hydrogens is 466 g/mol. The first kappa shape index (κ1) is 29.0. The van der Waals surface area contributed by atoms with Crippen LogP contribution in [0.1, 0.15) is 68.2 Å². The summed E-state index contributed by atoms with van der Waals surface area (Å²) in [5, 5.41) is 13.8. The van der Waals surface area contributed by atoms with Crippen LogP contribution >= 0.6 is 0 Å². The van der Waals surface area contributed by atoms with Gasteiger partial charge in [0.15, 0.2) is 24.6 Å². The fraction of sp³-hybridized carbons (Fsp3) is 0.826. The van der Waals surface area contributed by atoms with Gasteiger partial charge in [0.1, 0.15) is 12.7 Å². The second-order valence-electron chi connectivity index (χ2n) is 10.2. The minimum absolute atomic E-state index is 0.340. The summed E-state index contributed by atoms with van der Waals surface area (Å²) in [6.07, 6.45) is -6.04. The number of hydrogen-bond donors (Lipinski definition) is 0. The highest BCUT2D eigenvalue weighted by molar-refractivity contribution is 5.68. The van der Waals surface area contributed by atoms with Gasteiger partial charge in [-0.3, -0.25) is 19.2 Å². The molecule has 2 aliphatic rings. The number of hydrogen-bond acceptors (Lipinski definition) is 11. The second kappa shape index (κ2) is 11.2. The molecule has 0 saturated carbocycles. The fourth-order valence-electron chi connectivity index (χ4n) is 4.76. The van der Waals surface area contributed by atoms with Gasteiger partial charge in [-0.2, -0.15) is 0 Å². The molecular formula is C23H36NO11. The van der Waals surface area contributed by atoms with Gasteiger partial charge < -0.3 is 28.4 Å². The third-order valence-electron chi connectivity index (χ3n) is 5.83. The Morgan fingerprint density at radius 3 is 1.69 bits per heavy atom. The van der Waals surface area contributed by atoms with E-state index in [0.29, 0.717) is 12.8 Å². The molecule has 199 valence electrons. The van der Waals surface area contributed by atoms with E-state index in [2.05, 4.69) is 0 Å². The minimum atomic E-state index is -1.31. The quantitative estimate of drug-likeness (QED) is 0.368. The predicted molar refractivity (Wildman–Crippen MR) is 117 cm³/mol. The predicted octanol–water partition coefficient (Wildman–Crippen LogP) is 1.45. The van der Waals surface area contributed by atoms with Crippen LogP contribution in [-0.2, 0) is 52.8 Å². The summed E-state index contributed by atoms with van der Waals surface area (Å²) >= 11 is 0. The number of carbonyl (C=O) groups is 4. The van der Waals surface area contributed by atoms with E-state index in [1.54, 1.807) is 27.7 Å². The standard InChI is InChI=1S/C23H36NO11/c1-12(25)30-11-17-18(31-13(2)26)19(32-14(3)27)20(33-15(4)28)21(35-17)34-16-9-22(5,6)24(29)23(7,8)10-16/h16-21H,9-11H2,1-8H3/t17-,18-,19+,20-,21-/m1/s1. The molecule has 0 aromatic heterocycles. The molecule has 5 atom stereocenters. The Morgan fingerprint density at radius 1 is 0.771 bits per heavy atom. The molecule has 0 aromatic carbocycles. The number of rotatable bonds is 7. The van der Waals surface area contributed by atoms with Crippen LogP contribution in [-0.4, -0.2) is 83.4 Å². The maximum absolute atomic E-state index is 12.7. The van der Waals surface area contributed by atoms with Crippen LogP contribution in [0.25, 0.3) is 0 Å². The maximum atomic E-state index is 12.7. The Hall–Kier alpha value is -2.28. The molecule has 2 aliphatic heterocycles. The number of nitrogens with zero attached hydrogens (tertiary/aromatic N) is 1.